The van der Waals surface area contributed by atoms with Crippen LogP contribution in [0, 0.1) is 0 Å². The first-order chi connectivity index (χ1) is 8.24. The van der Waals surface area contributed by atoms with Gasteiger partial charge in [0.25, 0.3) is 5.91 Å². The Kier molecular flexibility index (Phi) is 3.51. The number of nitrogens with zero attached hydrogens (tertiary/aromatic N) is 1. The molecular formula is C11H15NO5. The number of hydrogen-bond acceptors (Lipinski definition) is 5. The molecule has 6 heteroatoms. The quantitative estimate of drug-likeness (QED) is 0.639. The zero-order valence-electron chi connectivity index (χ0n) is 9.68. The molecule has 0 bridgehead atoms. The van der Waals surface area contributed by atoms with Gasteiger partial charge >= 0.3 is 5.97 Å². The van der Waals surface area contributed by atoms with Gasteiger partial charge in [-0.2, -0.15) is 0 Å². The van der Waals surface area contributed by atoms with Crippen LogP contribution in [-0.2, 0) is 23.8 Å². The summed E-state index contributed by atoms with van der Waals surface area (Å²) in [5, 5.41) is 0. The minimum Gasteiger partial charge on any atom is -0.494 e. The summed E-state index contributed by atoms with van der Waals surface area (Å²) in [6.45, 7) is 1.34. The highest BCUT2D eigenvalue weighted by Crippen LogP contribution is 2.21. The van der Waals surface area contributed by atoms with Gasteiger partial charge in [0.15, 0.2) is 0 Å². The minimum absolute atomic E-state index is 0.159. The Morgan fingerprint density at radius 1 is 1.47 bits per heavy atom. The fraction of sp³-hybridized carbons (Fsp3) is 0.636. The van der Waals surface area contributed by atoms with Gasteiger partial charge in [0.2, 0.25) is 5.76 Å². The normalized spacial score (nSPS) is 23.5. The third kappa shape index (κ3) is 2.35. The molecule has 1 unspecified atom stereocenters. The highest BCUT2D eigenvalue weighted by atomic mass is 16.6. The summed E-state index contributed by atoms with van der Waals surface area (Å²) >= 11 is 0. The van der Waals surface area contributed by atoms with E-state index in [9.17, 15) is 9.59 Å². The summed E-state index contributed by atoms with van der Waals surface area (Å²) in [5.41, 5.74) is 0. The lowest BCUT2D eigenvalue weighted by Crippen LogP contribution is -2.42. The van der Waals surface area contributed by atoms with Gasteiger partial charge in [-0.25, -0.2) is 4.79 Å². The minimum atomic E-state index is -0.501. The van der Waals surface area contributed by atoms with Crippen molar-refractivity contribution in [2.45, 2.75) is 18.9 Å². The Balaban J connectivity index is 2.07. The Hall–Kier alpha value is -1.72. The number of ether oxygens (including phenoxy) is 3. The molecule has 2 rings (SSSR count). The Labute approximate surface area is 99.1 Å². The summed E-state index contributed by atoms with van der Waals surface area (Å²) in [6, 6.07) is -0.501. The van der Waals surface area contributed by atoms with Crippen LogP contribution >= 0.6 is 0 Å². The zero-order chi connectivity index (χ0) is 12.3. The van der Waals surface area contributed by atoms with E-state index in [1.807, 2.05) is 0 Å². The molecule has 2 aliphatic heterocycles. The second-order valence-corrected chi connectivity index (χ2v) is 3.88. The predicted octanol–water partition coefficient (Wildman–Crippen LogP) is 0.0386. The second-order valence-electron chi connectivity index (χ2n) is 3.88. The van der Waals surface area contributed by atoms with Crippen LogP contribution in [0.5, 0.6) is 0 Å². The second kappa shape index (κ2) is 5.07. The first kappa shape index (κ1) is 11.8. The fourth-order valence-corrected chi connectivity index (χ4v) is 2.01. The van der Waals surface area contributed by atoms with Crippen molar-refractivity contribution in [3.63, 3.8) is 0 Å². The molecular weight excluding hydrogens is 226 g/mol. The molecule has 6 nitrogen and oxygen atoms in total. The average Bonchev–Trinajstić information content (AvgIpc) is 2.87. The highest BCUT2D eigenvalue weighted by Gasteiger charge is 2.37. The van der Waals surface area contributed by atoms with Gasteiger partial charge in [-0.05, 0) is 12.8 Å². The van der Waals surface area contributed by atoms with Crippen LogP contribution in [0.1, 0.15) is 12.8 Å². The SMILES string of the molecule is COC(=O)C1CCCN1C(=O)C1=COCCO1. The highest BCUT2D eigenvalue weighted by molar-refractivity contribution is 5.94. The number of methoxy groups -OCH3 is 1. The van der Waals surface area contributed by atoms with Gasteiger partial charge in [-0.1, -0.05) is 0 Å². The third-order valence-corrected chi connectivity index (χ3v) is 2.85. The fourth-order valence-electron chi connectivity index (χ4n) is 2.01. The van der Waals surface area contributed by atoms with E-state index in [-0.39, 0.29) is 17.6 Å². The molecule has 0 aromatic rings. The monoisotopic (exact) mass is 241 g/mol. The molecule has 1 saturated heterocycles. The van der Waals surface area contributed by atoms with Gasteiger partial charge in [-0.15, -0.1) is 0 Å². The van der Waals surface area contributed by atoms with Crippen LogP contribution in [0.25, 0.3) is 0 Å². The average molecular weight is 241 g/mol. The Morgan fingerprint density at radius 2 is 2.29 bits per heavy atom. The van der Waals surface area contributed by atoms with E-state index in [2.05, 4.69) is 4.74 Å². The molecule has 0 aliphatic carbocycles. The molecule has 17 heavy (non-hydrogen) atoms. The number of esters is 1. The van der Waals surface area contributed by atoms with Gasteiger partial charge in [0, 0.05) is 6.54 Å². The van der Waals surface area contributed by atoms with Gasteiger partial charge in [0.1, 0.15) is 25.5 Å². The molecule has 0 saturated carbocycles. The van der Waals surface area contributed by atoms with Gasteiger partial charge in [-0.3, -0.25) is 4.79 Å². The summed E-state index contributed by atoms with van der Waals surface area (Å²) in [5.74, 6) is -0.530. The molecule has 94 valence electrons. The molecule has 1 atom stereocenters. The van der Waals surface area contributed by atoms with E-state index in [1.165, 1.54) is 18.3 Å². The van der Waals surface area contributed by atoms with E-state index in [1.54, 1.807) is 0 Å². The van der Waals surface area contributed by atoms with E-state index in [0.29, 0.717) is 26.2 Å². The molecule has 0 N–H and O–H groups in total. The number of rotatable bonds is 2. The molecule has 0 aromatic heterocycles. The third-order valence-electron chi connectivity index (χ3n) is 2.85. The molecule has 0 aromatic carbocycles. The van der Waals surface area contributed by atoms with Crippen molar-refractivity contribution in [1.82, 2.24) is 4.90 Å². The first-order valence-corrected chi connectivity index (χ1v) is 5.57. The van der Waals surface area contributed by atoms with Crippen molar-refractivity contribution < 1.29 is 23.8 Å². The molecule has 1 amide bonds. The lowest BCUT2D eigenvalue weighted by Gasteiger charge is -2.24. The van der Waals surface area contributed by atoms with Crippen molar-refractivity contribution >= 4 is 11.9 Å². The number of hydrogen-bond donors (Lipinski definition) is 0. The van der Waals surface area contributed by atoms with Crippen molar-refractivity contribution in [3.8, 4) is 0 Å². The van der Waals surface area contributed by atoms with E-state index < -0.39 is 6.04 Å². The maximum Gasteiger partial charge on any atom is 0.328 e. The molecule has 0 radical (unpaired) electrons. The van der Waals surface area contributed by atoms with Crippen molar-refractivity contribution in [1.29, 1.82) is 0 Å². The molecule has 0 spiro atoms. The topological polar surface area (TPSA) is 65.1 Å². The first-order valence-electron chi connectivity index (χ1n) is 5.57. The van der Waals surface area contributed by atoms with Gasteiger partial charge < -0.3 is 19.1 Å². The van der Waals surface area contributed by atoms with E-state index >= 15 is 0 Å². The summed E-state index contributed by atoms with van der Waals surface area (Å²) in [6.07, 6.45) is 2.73. The van der Waals surface area contributed by atoms with Crippen LogP contribution in [0.3, 0.4) is 0 Å². The van der Waals surface area contributed by atoms with E-state index in [0.717, 1.165) is 6.42 Å². The lowest BCUT2D eigenvalue weighted by atomic mass is 10.2. The summed E-state index contributed by atoms with van der Waals surface area (Å²) in [4.78, 5) is 25.1. The number of likely N-dealkylation sites (tertiary alicyclic amines) is 1. The smallest absolute Gasteiger partial charge is 0.328 e. The Bertz CT molecular complexity index is 352. The zero-order valence-corrected chi connectivity index (χ0v) is 9.68. The predicted molar refractivity (Wildman–Crippen MR) is 56.7 cm³/mol. The summed E-state index contributed by atoms with van der Waals surface area (Å²) < 4.78 is 14.9. The molecule has 2 aliphatic rings. The number of carbonyl (C=O) groups is 2. The van der Waals surface area contributed by atoms with Crippen LogP contribution in [-0.4, -0.2) is 49.7 Å². The Morgan fingerprint density at radius 3 is 2.94 bits per heavy atom. The van der Waals surface area contributed by atoms with E-state index in [4.69, 9.17) is 9.47 Å². The van der Waals surface area contributed by atoms with Crippen LogP contribution in [0.2, 0.25) is 0 Å². The van der Waals surface area contributed by atoms with Crippen molar-refractivity contribution in [2.75, 3.05) is 26.9 Å². The van der Waals surface area contributed by atoms with Crippen molar-refractivity contribution in [2.24, 2.45) is 0 Å². The standard InChI is InChI=1S/C11H15NO5/c1-15-11(14)8-3-2-4-12(8)10(13)9-7-16-5-6-17-9/h7-8H,2-6H2,1H3. The number of carbonyl (C=O) groups excluding carboxylic acids is 2. The van der Waals surface area contributed by atoms with Crippen molar-refractivity contribution in [3.05, 3.63) is 12.0 Å². The summed E-state index contributed by atoms with van der Waals surface area (Å²) in [7, 11) is 1.32. The molecule has 2 heterocycles. The molecule has 1 fully saturated rings. The van der Waals surface area contributed by atoms with Crippen LogP contribution in [0.4, 0.5) is 0 Å². The maximum absolute atomic E-state index is 12.1. The number of amides is 1. The van der Waals surface area contributed by atoms with Gasteiger partial charge in [0.05, 0.1) is 7.11 Å². The maximum atomic E-state index is 12.1. The van der Waals surface area contributed by atoms with Crippen LogP contribution < -0.4 is 0 Å². The van der Waals surface area contributed by atoms with Crippen LogP contribution in [0.15, 0.2) is 12.0 Å². The largest absolute Gasteiger partial charge is 0.494 e. The lowest BCUT2D eigenvalue weighted by molar-refractivity contribution is -0.151.